The van der Waals surface area contributed by atoms with Gasteiger partial charge in [0, 0.05) is 0 Å². The minimum absolute atomic E-state index is 0.164. The number of ether oxygens (including phenoxy) is 1. The van der Waals surface area contributed by atoms with E-state index in [1.54, 1.807) is 26.0 Å². The zero-order chi connectivity index (χ0) is 13.7. The zero-order valence-electron chi connectivity index (χ0n) is 10.8. The van der Waals surface area contributed by atoms with E-state index < -0.39 is 12.2 Å². The molecular formula is C14H15NO4. The van der Waals surface area contributed by atoms with E-state index in [0.717, 1.165) is 0 Å². The Hall–Kier alpha value is -1.88. The van der Waals surface area contributed by atoms with Gasteiger partial charge in [-0.15, -0.1) is 0 Å². The maximum atomic E-state index is 12.3. The molecule has 1 aromatic carbocycles. The largest absolute Gasteiger partial charge is 0.508 e. The van der Waals surface area contributed by atoms with Crippen LogP contribution in [0.25, 0.3) is 0 Å². The summed E-state index contributed by atoms with van der Waals surface area (Å²) in [6, 6.07) is 3.24. The number of phenols is 1. The smallest absolute Gasteiger partial charge is 0.262 e. The first-order valence-electron chi connectivity index (χ1n) is 6.32. The summed E-state index contributed by atoms with van der Waals surface area (Å²) < 4.78 is 5.38. The fourth-order valence-electron chi connectivity index (χ4n) is 2.66. The Morgan fingerprint density at radius 1 is 1.11 bits per heavy atom. The topological polar surface area (TPSA) is 66.8 Å². The molecule has 2 fully saturated rings. The number of phenolic OH excluding ortho intramolecular Hbond substituents is 1. The van der Waals surface area contributed by atoms with Crippen molar-refractivity contribution in [1.82, 2.24) is 0 Å². The summed E-state index contributed by atoms with van der Waals surface area (Å²) in [6.07, 6.45) is 0.191. The first-order valence-corrected chi connectivity index (χ1v) is 6.32. The van der Waals surface area contributed by atoms with E-state index in [2.05, 4.69) is 0 Å². The number of nitrogens with zero attached hydrogens (tertiary/aromatic N) is 1. The number of morpholine rings is 1. The normalized spacial score (nSPS) is 26.1. The van der Waals surface area contributed by atoms with E-state index in [4.69, 9.17) is 4.74 Å². The number of benzene rings is 1. The molecule has 0 saturated carbocycles. The third-order valence-electron chi connectivity index (χ3n) is 3.77. The first kappa shape index (κ1) is 12.2. The number of aryl methyl sites for hydroxylation is 2. The second-order valence-electron chi connectivity index (χ2n) is 5.13. The summed E-state index contributed by atoms with van der Waals surface area (Å²) in [5.74, 6) is -0.434. The van der Waals surface area contributed by atoms with Crippen LogP contribution in [0.4, 0.5) is 5.69 Å². The van der Waals surface area contributed by atoms with Gasteiger partial charge in [-0.1, -0.05) is 0 Å². The maximum absolute atomic E-state index is 12.3. The van der Waals surface area contributed by atoms with Gasteiger partial charge in [0.1, 0.15) is 18.0 Å². The second-order valence-corrected chi connectivity index (χ2v) is 5.13. The van der Waals surface area contributed by atoms with E-state index in [-0.39, 0.29) is 17.6 Å². The Morgan fingerprint density at radius 3 is 2.26 bits per heavy atom. The molecule has 2 bridgehead atoms. The van der Waals surface area contributed by atoms with Crippen LogP contribution in [-0.4, -0.2) is 29.1 Å². The number of imide groups is 1. The van der Waals surface area contributed by atoms with Gasteiger partial charge in [-0.2, -0.15) is 0 Å². The van der Waals surface area contributed by atoms with Crippen LogP contribution in [0.2, 0.25) is 0 Å². The number of hydrogen-bond acceptors (Lipinski definition) is 4. The predicted octanol–water partition coefficient (Wildman–Crippen LogP) is 1.43. The van der Waals surface area contributed by atoms with Gasteiger partial charge in [0.2, 0.25) is 0 Å². The molecule has 0 aromatic heterocycles. The molecule has 19 heavy (non-hydrogen) atoms. The lowest BCUT2D eigenvalue weighted by Crippen LogP contribution is -2.52. The van der Waals surface area contributed by atoms with Crippen molar-refractivity contribution >= 4 is 17.5 Å². The van der Waals surface area contributed by atoms with E-state index in [1.807, 2.05) is 0 Å². The van der Waals surface area contributed by atoms with Crippen molar-refractivity contribution in [2.24, 2.45) is 0 Å². The number of amides is 2. The highest BCUT2D eigenvalue weighted by molar-refractivity contribution is 6.20. The summed E-state index contributed by atoms with van der Waals surface area (Å²) in [5, 5.41) is 9.66. The maximum Gasteiger partial charge on any atom is 0.262 e. The Balaban J connectivity index is 2.08. The number of rotatable bonds is 1. The highest BCUT2D eigenvalue weighted by Crippen LogP contribution is 2.35. The van der Waals surface area contributed by atoms with E-state index in [1.165, 1.54) is 4.90 Å². The van der Waals surface area contributed by atoms with Gasteiger partial charge >= 0.3 is 0 Å². The lowest BCUT2D eigenvalue weighted by molar-refractivity contribution is -0.146. The predicted molar refractivity (Wildman–Crippen MR) is 68.0 cm³/mol. The fourth-order valence-corrected chi connectivity index (χ4v) is 2.66. The summed E-state index contributed by atoms with van der Waals surface area (Å²) >= 11 is 0. The van der Waals surface area contributed by atoms with Crippen molar-refractivity contribution in [2.75, 3.05) is 4.90 Å². The van der Waals surface area contributed by atoms with Gasteiger partial charge in [-0.3, -0.25) is 9.59 Å². The Kier molecular flexibility index (Phi) is 2.60. The van der Waals surface area contributed by atoms with Crippen LogP contribution >= 0.6 is 0 Å². The lowest BCUT2D eigenvalue weighted by Gasteiger charge is -2.31. The SMILES string of the molecule is Cc1cc(N2C(=O)C3CCC(O3)C2=O)c(C)cc1O. The summed E-state index contributed by atoms with van der Waals surface area (Å²) in [6.45, 7) is 3.51. The molecule has 2 saturated heterocycles. The molecule has 2 atom stereocenters. The van der Waals surface area contributed by atoms with Gasteiger partial charge in [-0.05, 0) is 49.9 Å². The molecule has 2 aliphatic rings. The van der Waals surface area contributed by atoms with Crippen molar-refractivity contribution in [3.05, 3.63) is 23.3 Å². The summed E-state index contributed by atoms with van der Waals surface area (Å²) in [5.41, 5.74) is 1.89. The third kappa shape index (κ3) is 1.73. The molecule has 0 radical (unpaired) electrons. The highest BCUT2D eigenvalue weighted by Gasteiger charge is 2.47. The Bertz CT molecular complexity index is 559. The minimum atomic E-state index is -0.504. The molecule has 2 heterocycles. The van der Waals surface area contributed by atoms with Gasteiger partial charge in [0.15, 0.2) is 0 Å². The minimum Gasteiger partial charge on any atom is -0.508 e. The van der Waals surface area contributed by atoms with Crippen molar-refractivity contribution in [3.8, 4) is 5.75 Å². The molecule has 2 aliphatic heterocycles. The average molecular weight is 261 g/mol. The standard InChI is InChI=1S/C14H15NO4/c1-7-6-10(16)8(2)5-9(7)15-13(17)11-3-4-12(19-11)14(15)18/h5-6,11-12,16H,3-4H2,1-2H3. The van der Waals surface area contributed by atoms with Crippen molar-refractivity contribution < 1.29 is 19.4 Å². The quantitative estimate of drug-likeness (QED) is 0.777. The molecule has 1 aromatic rings. The van der Waals surface area contributed by atoms with E-state index in [9.17, 15) is 14.7 Å². The number of hydrogen-bond donors (Lipinski definition) is 1. The first-order chi connectivity index (χ1) is 8.99. The van der Waals surface area contributed by atoms with Crippen molar-refractivity contribution in [3.63, 3.8) is 0 Å². The third-order valence-corrected chi connectivity index (χ3v) is 3.77. The van der Waals surface area contributed by atoms with Gasteiger partial charge in [-0.25, -0.2) is 4.90 Å². The molecule has 1 N–H and O–H groups in total. The Morgan fingerprint density at radius 2 is 1.68 bits per heavy atom. The van der Waals surface area contributed by atoms with Crippen LogP contribution in [0.3, 0.4) is 0 Å². The summed E-state index contributed by atoms with van der Waals surface area (Å²) in [4.78, 5) is 25.7. The monoisotopic (exact) mass is 261 g/mol. The number of carbonyl (C=O) groups excluding carboxylic acids is 2. The average Bonchev–Trinajstić information content (AvgIpc) is 2.80. The van der Waals surface area contributed by atoms with Crippen LogP contribution in [0.5, 0.6) is 5.75 Å². The number of aromatic hydroxyl groups is 1. The number of anilines is 1. The molecule has 0 spiro atoms. The van der Waals surface area contributed by atoms with Gasteiger partial charge in [0.25, 0.3) is 11.8 Å². The highest BCUT2D eigenvalue weighted by atomic mass is 16.5. The van der Waals surface area contributed by atoms with Crippen LogP contribution in [0.15, 0.2) is 12.1 Å². The molecule has 100 valence electrons. The molecular weight excluding hydrogens is 246 g/mol. The molecule has 5 heteroatoms. The summed E-state index contributed by atoms with van der Waals surface area (Å²) in [7, 11) is 0. The molecule has 2 amide bonds. The van der Waals surface area contributed by atoms with Crippen LogP contribution in [0, 0.1) is 13.8 Å². The molecule has 5 nitrogen and oxygen atoms in total. The van der Waals surface area contributed by atoms with E-state index in [0.29, 0.717) is 29.7 Å². The zero-order valence-corrected chi connectivity index (χ0v) is 10.8. The molecule has 2 unspecified atom stereocenters. The van der Waals surface area contributed by atoms with Crippen molar-refractivity contribution in [2.45, 2.75) is 38.9 Å². The van der Waals surface area contributed by atoms with E-state index >= 15 is 0 Å². The number of carbonyl (C=O) groups is 2. The van der Waals surface area contributed by atoms with Gasteiger partial charge < -0.3 is 9.84 Å². The number of fused-ring (bicyclic) bond motifs is 2. The van der Waals surface area contributed by atoms with Crippen LogP contribution in [0.1, 0.15) is 24.0 Å². The van der Waals surface area contributed by atoms with Crippen molar-refractivity contribution in [1.29, 1.82) is 0 Å². The Labute approximate surface area is 110 Å². The molecule has 0 aliphatic carbocycles. The van der Waals surface area contributed by atoms with Crippen LogP contribution in [-0.2, 0) is 14.3 Å². The van der Waals surface area contributed by atoms with Gasteiger partial charge in [0.05, 0.1) is 5.69 Å². The fraction of sp³-hybridized carbons (Fsp3) is 0.429. The van der Waals surface area contributed by atoms with Crippen LogP contribution < -0.4 is 4.90 Å². The second kappa shape index (κ2) is 4.06. The lowest BCUT2D eigenvalue weighted by atomic mass is 10.1. The molecule has 3 rings (SSSR count).